The van der Waals surface area contributed by atoms with Crippen LogP contribution >= 0.6 is 0 Å². The zero-order valence-corrected chi connectivity index (χ0v) is 11.1. The lowest BCUT2D eigenvalue weighted by Gasteiger charge is -2.09. The van der Waals surface area contributed by atoms with Crippen LogP contribution in [0.3, 0.4) is 0 Å². The van der Waals surface area contributed by atoms with Gasteiger partial charge in [0.2, 0.25) is 0 Å². The Balaban J connectivity index is 1.73. The van der Waals surface area contributed by atoms with Gasteiger partial charge in [-0.15, -0.1) is 0 Å². The summed E-state index contributed by atoms with van der Waals surface area (Å²) in [6, 6.07) is 19.8. The van der Waals surface area contributed by atoms with Gasteiger partial charge in [-0.3, -0.25) is 0 Å². The monoisotopic (exact) mass is 264 g/mol. The molecule has 0 radical (unpaired) electrons. The second-order valence-electron chi connectivity index (χ2n) is 4.62. The van der Waals surface area contributed by atoms with Gasteiger partial charge in [0.25, 0.3) is 0 Å². The molecular weight excluding hydrogens is 248 g/mol. The van der Waals surface area contributed by atoms with E-state index >= 15 is 0 Å². The van der Waals surface area contributed by atoms with Gasteiger partial charge in [-0.25, -0.2) is 0 Å². The van der Waals surface area contributed by atoms with Crippen molar-refractivity contribution in [2.45, 2.75) is 6.61 Å². The number of rotatable bonds is 4. The van der Waals surface area contributed by atoms with Crippen LogP contribution in [0.2, 0.25) is 0 Å². The van der Waals surface area contributed by atoms with Gasteiger partial charge in [0.1, 0.15) is 12.4 Å². The van der Waals surface area contributed by atoms with Crippen LogP contribution in [0.4, 0.5) is 5.69 Å². The van der Waals surface area contributed by atoms with Crippen molar-refractivity contribution in [3.8, 4) is 11.4 Å². The molecule has 0 fully saturated rings. The first-order valence-electron chi connectivity index (χ1n) is 6.52. The van der Waals surface area contributed by atoms with Crippen LogP contribution in [0.15, 0.2) is 73.1 Å². The molecule has 0 saturated carbocycles. The number of nitrogens with zero attached hydrogens (tertiary/aromatic N) is 1. The molecule has 2 aromatic carbocycles. The number of hydrogen-bond acceptors (Lipinski definition) is 2. The molecule has 20 heavy (non-hydrogen) atoms. The van der Waals surface area contributed by atoms with Crippen LogP contribution in [-0.2, 0) is 6.61 Å². The topological polar surface area (TPSA) is 40.2 Å². The molecule has 0 spiro atoms. The molecule has 3 rings (SSSR count). The molecule has 0 aliphatic heterocycles. The Morgan fingerprint density at radius 3 is 2.50 bits per heavy atom. The van der Waals surface area contributed by atoms with E-state index in [0.29, 0.717) is 12.3 Å². The van der Waals surface area contributed by atoms with Crippen LogP contribution in [-0.4, -0.2) is 4.57 Å². The summed E-state index contributed by atoms with van der Waals surface area (Å²) in [5.74, 6) is 0.788. The first kappa shape index (κ1) is 12.4. The van der Waals surface area contributed by atoms with Crippen molar-refractivity contribution in [2.75, 3.05) is 5.73 Å². The highest BCUT2D eigenvalue weighted by Crippen LogP contribution is 2.17. The van der Waals surface area contributed by atoms with Crippen molar-refractivity contribution >= 4 is 5.69 Å². The molecule has 0 saturated heterocycles. The molecule has 1 aromatic heterocycles. The minimum atomic E-state index is 0.526. The molecule has 0 aliphatic carbocycles. The molecule has 3 aromatic rings. The van der Waals surface area contributed by atoms with Crippen LogP contribution in [0, 0.1) is 0 Å². The van der Waals surface area contributed by atoms with Crippen molar-refractivity contribution in [2.24, 2.45) is 0 Å². The molecule has 100 valence electrons. The van der Waals surface area contributed by atoms with Crippen molar-refractivity contribution in [1.29, 1.82) is 0 Å². The summed E-state index contributed by atoms with van der Waals surface area (Å²) in [6.07, 6.45) is 4.05. The van der Waals surface area contributed by atoms with Crippen LogP contribution in [0.5, 0.6) is 5.75 Å². The molecule has 0 atom stereocenters. The van der Waals surface area contributed by atoms with Gasteiger partial charge in [-0.2, -0.15) is 0 Å². The summed E-state index contributed by atoms with van der Waals surface area (Å²) in [5, 5.41) is 0. The van der Waals surface area contributed by atoms with Crippen LogP contribution < -0.4 is 10.5 Å². The quantitative estimate of drug-likeness (QED) is 0.731. The van der Waals surface area contributed by atoms with E-state index in [1.54, 1.807) is 0 Å². The van der Waals surface area contributed by atoms with Gasteiger partial charge in [0.05, 0.1) is 0 Å². The molecule has 0 bridgehead atoms. The summed E-state index contributed by atoms with van der Waals surface area (Å²) < 4.78 is 7.83. The lowest BCUT2D eigenvalue weighted by molar-refractivity contribution is 0.306. The van der Waals surface area contributed by atoms with E-state index in [1.165, 1.54) is 0 Å². The van der Waals surface area contributed by atoms with Gasteiger partial charge in [0.15, 0.2) is 0 Å². The standard InChI is InChI=1S/C17H16N2O/c18-15-6-4-8-17(12-15)20-13-14-5-3-7-16(11-14)19-9-1-2-10-19/h1-12H,13,18H2. The lowest BCUT2D eigenvalue weighted by Crippen LogP contribution is -1.98. The third-order valence-electron chi connectivity index (χ3n) is 3.08. The average Bonchev–Trinajstić information content (AvgIpc) is 3.00. The highest BCUT2D eigenvalue weighted by molar-refractivity contribution is 5.43. The van der Waals surface area contributed by atoms with E-state index < -0.39 is 0 Å². The largest absolute Gasteiger partial charge is 0.489 e. The average molecular weight is 264 g/mol. The van der Waals surface area contributed by atoms with Crippen LogP contribution in [0.25, 0.3) is 5.69 Å². The summed E-state index contributed by atoms with van der Waals surface area (Å²) in [5.41, 5.74) is 8.70. The fourth-order valence-corrected chi connectivity index (χ4v) is 2.08. The van der Waals surface area contributed by atoms with E-state index in [0.717, 1.165) is 17.0 Å². The summed E-state index contributed by atoms with van der Waals surface area (Å²) in [7, 11) is 0. The van der Waals surface area contributed by atoms with E-state index in [2.05, 4.69) is 22.8 Å². The third kappa shape index (κ3) is 2.83. The van der Waals surface area contributed by atoms with Gasteiger partial charge in [-0.05, 0) is 42.0 Å². The predicted molar refractivity (Wildman–Crippen MR) is 81.0 cm³/mol. The van der Waals surface area contributed by atoms with Gasteiger partial charge < -0.3 is 15.0 Å². The molecule has 3 nitrogen and oxygen atoms in total. The molecule has 1 heterocycles. The maximum absolute atomic E-state index is 5.76. The fraction of sp³-hybridized carbons (Fsp3) is 0.0588. The molecular formula is C17H16N2O. The molecule has 0 aliphatic rings. The van der Waals surface area contributed by atoms with E-state index in [9.17, 15) is 0 Å². The Morgan fingerprint density at radius 2 is 1.70 bits per heavy atom. The maximum atomic E-state index is 5.76. The van der Waals surface area contributed by atoms with Gasteiger partial charge in [-0.1, -0.05) is 18.2 Å². The predicted octanol–water partition coefficient (Wildman–Crippen LogP) is 3.64. The first-order valence-corrected chi connectivity index (χ1v) is 6.52. The van der Waals surface area contributed by atoms with E-state index in [1.807, 2.05) is 54.9 Å². The number of nitrogens with two attached hydrogens (primary N) is 1. The molecule has 0 unspecified atom stereocenters. The Labute approximate surface area is 118 Å². The summed E-state index contributed by atoms with van der Waals surface area (Å²) in [6.45, 7) is 0.526. The van der Waals surface area contributed by atoms with E-state index in [-0.39, 0.29) is 0 Å². The highest BCUT2D eigenvalue weighted by atomic mass is 16.5. The second-order valence-corrected chi connectivity index (χ2v) is 4.62. The van der Waals surface area contributed by atoms with Crippen LogP contribution in [0.1, 0.15) is 5.56 Å². The Kier molecular flexibility index (Phi) is 3.42. The van der Waals surface area contributed by atoms with Gasteiger partial charge in [0, 0.05) is 29.8 Å². The Bertz CT molecular complexity index is 690. The minimum Gasteiger partial charge on any atom is -0.489 e. The van der Waals surface area contributed by atoms with Crippen molar-refractivity contribution < 1.29 is 4.74 Å². The summed E-state index contributed by atoms with van der Waals surface area (Å²) in [4.78, 5) is 0. The second kappa shape index (κ2) is 5.53. The zero-order chi connectivity index (χ0) is 13.8. The maximum Gasteiger partial charge on any atom is 0.121 e. The van der Waals surface area contributed by atoms with Crippen molar-refractivity contribution in [3.05, 3.63) is 78.6 Å². The van der Waals surface area contributed by atoms with Crippen molar-refractivity contribution in [1.82, 2.24) is 4.57 Å². The lowest BCUT2D eigenvalue weighted by atomic mass is 10.2. The molecule has 0 amide bonds. The fourth-order valence-electron chi connectivity index (χ4n) is 2.08. The van der Waals surface area contributed by atoms with Crippen molar-refractivity contribution in [3.63, 3.8) is 0 Å². The Hall–Kier alpha value is -2.68. The molecule has 3 heteroatoms. The third-order valence-corrected chi connectivity index (χ3v) is 3.08. The normalized spacial score (nSPS) is 10.4. The number of hydrogen-bond donors (Lipinski definition) is 1. The highest BCUT2D eigenvalue weighted by Gasteiger charge is 1.99. The SMILES string of the molecule is Nc1cccc(OCc2cccc(-n3cccc3)c2)c1. The minimum absolute atomic E-state index is 0.526. The number of benzene rings is 2. The number of aromatic nitrogens is 1. The Morgan fingerprint density at radius 1 is 0.900 bits per heavy atom. The number of ether oxygens (including phenoxy) is 1. The molecule has 2 N–H and O–H groups in total. The zero-order valence-electron chi connectivity index (χ0n) is 11.1. The summed E-state index contributed by atoms with van der Waals surface area (Å²) >= 11 is 0. The number of anilines is 1. The smallest absolute Gasteiger partial charge is 0.121 e. The number of nitrogen functional groups attached to an aromatic ring is 1. The van der Waals surface area contributed by atoms with Gasteiger partial charge >= 0.3 is 0 Å². The first-order chi connectivity index (χ1) is 9.81. The van der Waals surface area contributed by atoms with E-state index in [4.69, 9.17) is 10.5 Å².